The van der Waals surface area contributed by atoms with Crippen LogP contribution in [0.3, 0.4) is 0 Å². The summed E-state index contributed by atoms with van der Waals surface area (Å²) in [5.41, 5.74) is 2.06. The third-order valence-corrected chi connectivity index (χ3v) is 8.05. The Hall–Kier alpha value is -2.55. The number of carbonyl (C=O) groups excluding carboxylic acids is 1. The number of amides is 1. The van der Waals surface area contributed by atoms with Crippen molar-refractivity contribution in [2.45, 2.75) is 24.7 Å². The Bertz CT molecular complexity index is 1100. The smallest absolute Gasteiger partial charge is 0.255 e. The Morgan fingerprint density at radius 3 is 2.33 bits per heavy atom. The molecule has 6 nitrogen and oxygen atoms in total. The van der Waals surface area contributed by atoms with E-state index in [1.165, 1.54) is 16.4 Å². The number of sulfonamides is 1. The van der Waals surface area contributed by atoms with Crippen molar-refractivity contribution in [1.29, 1.82) is 0 Å². The summed E-state index contributed by atoms with van der Waals surface area (Å²) in [4.78, 5) is 17.0. The third kappa shape index (κ3) is 4.45. The summed E-state index contributed by atoms with van der Waals surface area (Å²) in [5, 5.41) is 5.68. The SMILES string of the molecule is CC1CCN(S(=O)(=O)c2ccc(C(=O)Nc3ccc(-c4nccs4)cc3)cc2)CC1. The molecule has 4 rings (SSSR count). The van der Waals surface area contributed by atoms with Crippen molar-refractivity contribution in [3.63, 3.8) is 0 Å². The van der Waals surface area contributed by atoms with Crippen molar-refractivity contribution in [3.05, 3.63) is 65.7 Å². The lowest BCUT2D eigenvalue weighted by molar-refractivity contribution is 0.102. The molecule has 3 aromatic rings. The molecule has 1 aliphatic heterocycles. The van der Waals surface area contributed by atoms with Crippen molar-refractivity contribution in [3.8, 4) is 10.6 Å². The minimum absolute atomic E-state index is 0.224. The monoisotopic (exact) mass is 441 g/mol. The summed E-state index contributed by atoms with van der Waals surface area (Å²) >= 11 is 1.56. The summed E-state index contributed by atoms with van der Waals surface area (Å²) < 4.78 is 27.2. The molecule has 1 N–H and O–H groups in total. The standard InChI is InChI=1S/C22H23N3O3S2/c1-16-10-13-25(14-11-16)30(27,28)20-8-4-17(5-9-20)21(26)24-19-6-2-18(3-7-19)22-23-12-15-29-22/h2-9,12,15-16H,10-11,13-14H2,1H3,(H,24,26). The number of thiazole rings is 1. The van der Waals surface area contributed by atoms with Crippen LogP contribution >= 0.6 is 11.3 Å². The normalized spacial score (nSPS) is 15.8. The maximum Gasteiger partial charge on any atom is 0.255 e. The molecule has 0 radical (unpaired) electrons. The number of anilines is 1. The second-order valence-electron chi connectivity index (χ2n) is 7.48. The maximum absolute atomic E-state index is 12.8. The molecule has 8 heteroatoms. The third-order valence-electron chi connectivity index (χ3n) is 5.32. The first-order valence-electron chi connectivity index (χ1n) is 9.85. The fraction of sp³-hybridized carbons (Fsp3) is 0.273. The predicted molar refractivity (Wildman–Crippen MR) is 119 cm³/mol. The molecule has 0 bridgehead atoms. The summed E-state index contributed by atoms with van der Waals surface area (Å²) in [7, 11) is -3.52. The lowest BCUT2D eigenvalue weighted by Crippen LogP contribution is -2.37. The summed E-state index contributed by atoms with van der Waals surface area (Å²) in [6.07, 6.45) is 3.51. The van der Waals surface area contributed by atoms with Crippen LogP contribution in [-0.4, -0.2) is 36.7 Å². The van der Waals surface area contributed by atoms with E-state index in [1.54, 1.807) is 29.7 Å². The molecule has 0 saturated carbocycles. The van der Waals surface area contributed by atoms with Crippen molar-refractivity contribution >= 4 is 33.0 Å². The zero-order chi connectivity index (χ0) is 21.1. The summed E-state index contributed by atoms with van der Waals surface area (Å²) in [6.45, 7) is 3.23. The number of piperidine rings is 1. The molecule has 0 atom stereocenters. The van der Waals surface area contributed by atoms with E-state index in [9.17, 15) is 13.2 Å². The average molecular weight is 442 g/mol. The molecule has 0 aliphatic carbocycles. The molecule has 2 heterocycles. The molecule has 1 fully saturated rings. The van der Waals surface area contributed by atoms with Crippen LogP contribution in [0.25, 0.3) is 10.6 Å². The van der Waals surface area contributed by atoms with Crippen molar-refractivity contribution in [1.82, 2.24) is 9.29 Å². The predicted octanol–water partition coefficient (Wildman–Crippen LogP) is 4.48. The Kier molecular flexibility index (Phi) is 5.99. The molecule has 1 aliphatic rings. The Balaban J connectivity index is 1.43. The van der Waals surface area contributed by atoms with Gasteiger partial charge in [0.1, 0.15) is 5.01 Å². The lowest BCUT2D eigenvalue weighted by atomic mass is 10.0. The molecule has 1 amide bonds. The van der Waals surface area contributed by atoms with Crippen LogP contribution in [0.4, 0.5) is 5.69 Å². The highest BCUT2D eigenvalue weighted by atomic mass is 32.2. The first-order chi connectivity index (χ1) is 14.4. The van der Waals surface area contributed by atoms with Crippen LogP contribution < -0.4 is 5.32 Å². The van der Waals surface area contributed by atoms with Gasteiger partial charge in [0.05, 0.1) is 4.90 Å². The number of carbonyl (C=O) groups is 1. The van der Waals surface area contributed by atoms with Gasteiger partial charge in [-0.15, -0.1) is 11.3 Å². The van der Waals surface area contributed by atoms with Crippen LogP contribution in [0.1, 0.15) is 30.1 Å². The van der Waals surface area contributed by atoms with Gasteiger partial charge in [-0.25, -0.2) is 13.4 Å². The molecule has 2 aromatic carbocycles. The molecule has 0 unspecified atom stereocenters. The number of rotatable bonds is 5. The van der Waals surface area contributed by atoms with E-state index >= 15 is 0 Å². The Morgan fingerprint density at radius 2 is 1.73 bits per heavy atom. The Morgan fingerprint density at radius 1 is 1.07 bits per heavy atom. The minimum atomic E-state index is -3.52. The maximum atomic E-state index is 12.8. The van der Waals surface area contributed by atoms with E-state index < -0.39 is 10.0 Å². The molecule has 1 saturated heterocycles. The zero-order valence-corrected chi connectivity index (χ0v) is 18.2. The number of aromatic nitrogens is 1. The topological polar surface area (TPSA) is 79.4 Å². The van der Waals surface area contributed by atoms with Gasteiger partial charge in [0.15, 0.2) is 0 Å². The fourth-order valence-electron chi connectivity index (χ4n) is 3.42. The number of nitrogens with one attached hydrogen (secondary N) is 1. The number of nitrogens with zero attached hydrogens (tertiary/aromatic N) is 2. The van der Waals surface area contributed by atoms with Gasteiger partial charge < -0.3 is 5.32 Å². The van der Waals surface area contributed by atoms with Gasteiger partial charge in [0, 0.05) is 41.5 Å². The van der Waals surface area contributed by atoms with E-state index in [4.69, 9.17) is 0 Å². The van der Waals surface area contributed by atoms with E-state index in [0.29, 0.717) is 30.3 Å². The molecule has 1 aromatic heterocycles. The minimum Gasteiger partial charge on any atom is -0.322 e. The highest BCUT2D eigenvalue weighted by Crippen LogP contribution is 2.25. The Labute approximate surface area is 180 Å². The largest absolute Gasteiger partial charge is 0.322 e. The second-order valence-corrected chi connectivity index (χ2v) is 10.3. The van der Waals surface area contributed by atoms with Crippen molar-refractivity contribution in [2.24, 2.45) is 5.92 Å². The van der Waals surface area contributed by atoms with Gasteiger partial charge in [-0.05, 0) is 67.3 Å². The number of hydrogen-bond acceptors (Lipinski definition) is 5. The lowest BCUT2D eigenvalue weighted by Gasteiger charge is -2.29. The molecule has 156 valence electrons. The van der Waals surface area contributed by atoms with E-state index in [2.05, 4.69) is 17.2 Å². The van der Waals surface area contributed by atoms with Crippen LogP contribution in [0, 0.1) is 5.92 Å². The molecule has 0 spiro atoms. The first-order valence-corrected chi connectivity index (χ1v) is 12.2. The van der Waals surface area contributed by atoms with Crippen LogP contribution in [0.15, 0.2) is 65.0 Å². The van der Waals surface area contributed by atoms with Crippen molar-refractivity contribution in [2.75, 3.05) is 18.4 Å². The number of benzene rings is 2. The first kappa shape index (κ1) is 20.7. The van der Waals surface area contributed by atoms with Crippen molar-refractivity contribution < 1.29 is 13.2 Å². The van der Waals surface area contributed by atoms with Crippen LogP contribution in [-0.2, 0) is 10.0 Å². The van der Waals surface area contributed by atoms with Gasteiger partial charge in [-0.3, -0.25) is 4.79 Å². The van der Waals surface area contributed by atoms with Gasteiger partial charge in [-0.2, -0.15) is 4.31 Å². The molecular weight excluding hydrogens is 418 g/mol. The second kappa shape index (κ2) is 8.67. The van der Waals surface area contributed by atoms with Gasteiger partial charge in [0.25, 0.3) is 5.91 Å². The van der Waals surface area contributed by atoms with Gasteiger partial charge in [0.2, 0.25) is 10.0 Å². The molecular formula is C22H23N3O3S2. The summed E-state index contributed by atoms with van der Waals surface area (Å²) in [6, 6.07) is 13.6. The molecule has 30 heavy (non-hydrogen) atoms. The van der Waals surface area contributed by atoms with E-state index in [-0.39, 0.29) is 10.8 Å². The highest BCUT2D eigenvalue weighted by molar-refractivity contribution is 7.89. The van der Waals surface area contributed by atoms with Crippen LogP contribution in [0.5, 0.6) is 0 Å². The summed E-state index contributed by atoms with van der Waals surface area (Å²) in [5.74, 6) is 0.269. The average Bonchev–Trinajstić information content (AvgIpc) is 3.30. The zero-order valence-electron chi connectivity index (χ0n) is 16.6. The van der Waals surface area contributed by atoms with Gasteiger partial charge >= 0.3 is 0 Å². The van der Waals surface area contributed by atoms with E-state index in [1.807, 2.05) is 29.6 Å². The number of hydrogen-bond donors (Lipinski definition) is 1. The quantitative estimate of drug-likeness (QED) is 0.633. The van der Waals surface area contributed by atoms with E-state index in [0.717, 1.165) is 23.4 Å². The fourth-order valence-corrected chi connectivity index (χ4v) is 5.53. The van der Waals surface area contributed by atoms with Crippen LogP contribution in [0.2, 0.25) is 0 Å². The van der Waals surface area contributed by atoms with Gasteiger partial charge in [-0.1, -0.05) is 6.92 Å². The highest BCUT2D eigenvalue weighted by Gasteiger charge is 2.28.